The van der Waals surface area contributed by atoms with Crippen LogP contribution in [0.15, 0.2) is 24.3 Å². The Hall–Kier alpha value is -1.36. The van der Waals surface area contributed by atoms with E-state index in [1.54, 1.807) is 0 Å². The minimum absolute atomic E-state index is 0.152. The molecule has 0 amide bonds. The van der Waals surface area contributed by atoms with Crippen molar-refractivity contribution in [2.45, 2.75) is 19.5 Å². The van der Waals surface area contributed by atoms with Gasteiger partial charge in [0.05, 0.1) is 12.1 Å². The van der Waals surface area contributed by atoms with Crippen LogP contribution in [0.4, 0.5) is 13.2 Å². The van der Waals surface area contributed by atoms with Crippen LogP contribution in [0.3, 0.4) is 0 Å². The highest BCUT2D eigenvalue weighted by atomic mass is 19.4. The van der Waals surface area contributed by atoms with E-state index in [4.69, 9.17) is 0 Å². The predicted octanol–water partition coefficient (Wildman–Crippen LogP) is 2.89. The minimum atomic E-state index is -4.36. The van der Waals surface area contributed by atoms with Gasteiger partial charge in [-0.1, -0.05) is 19.1 Å². The predicted molar refractivity (Wildman–Crippen MR) is 58.9 cm³/mol. The molecule has 0 saturated carbocycles. The van der Waals surface area contributed by atoms with E-state index in [9.17, 15) is 18.0 Å². The van der Waals surface area contributed by atoms with Crippen molar-refractivity contribution in [3.63, 3.8) is 0 Å². The topological polar surface area (TPSA) is 29.1 Å². The molecular weight excluding hydrogens is 231 g/mol. The number of hydrogen-bond acceptors (Lipinski definition) is 2. The van der Waals surface area contributed by atoms with Crippen LogP contribution in [0.25, 0.3) is 0 Å². The van der Waals surface area contributed by atoms with Crippen LogP contribution < -0.4 is 5.32 Å². The lowest BCUT2D eigenvalue weighted by molar-refractivity contribution is -0.137. The number of alkyl halides is 3. The molecule has 0 aliphatic heterocycles. The van der Waals surface area contributed by atoms with Gasteiger partial charge in [0.15, 0.2) is 5.78 Å². The third-order valence-corrected chi connectivity index (χ3v) is 2.25. The summed E-state index contributed by atoms with van der Waals surface area (Å²) in [6.45, 7) is 2.83. The molecule has 0 fully saturated rings. The number of carbonyl (C=O) groups excluding carboxylic acids is 1. The summed E-state index contributed by atoms with van der Waals surface area (Å²) < 4.78 is 36.8. The van der Waals surface area contributed by atoms with Crippen molar-refractivity contribution < 1.29 is 18.0 Å². The highest BCUT2D eigenvalue weighted by Crippen LogP contribution is 2.29. The summed E-state index contributed by atoms with van der Waals surface area (Å²) in [5.74, 6) is -0.202. The molecule has 2 nitrogen and oxygen atoms in total. The Bertz CT molecular complexity index is 370. The maximum absolute atomic E-state index is 12.3. The summed E-state index contributed by atoms with van der Waals surface area (Å²) in [7, 11) is 0. The van der Waals surface area contributed by atoms with Crippen LogP contribution in [0.1, 0.15) is 29.3 Å². The van der Waals surface area contributed by atoms with E-state index >= 15 is 0 Å². The second-order valence-electron chi connectivity index (χ2n) is 3.68. The molecule has 94 valence electrons. The van der Waals surface area contributed by atoms with Gasteiger partial charge in [-0.2, -0.15) is 13.2 Å². The van der Waals surface area contributed by atoms with Gasteiger partial charge in [-0.3, -0.25) is 4.79 Å². The summed E-state index contributed by atoms with van der Waals surface area (Å²) in [5.41, 5.74) is -0.447. The number of nitrogens with one attached hydrogen (secondary N) is 1. The maximum atomic E-state index is 12.3. The maximum Gasteiger partial charge on any atom is 0.416 e. The first-order chi connectivity index (χ1) is 7.95. The molecule has 1 aromatic rings. The fourth-order valence-corrected chi connectivity index (χ4v) is 1.33. The molecule has 0 aromatic heterocycles. The Kier molecular flexibility index (Phi) is 4.69. The van der Waals surface area contributed by atoms with Gasteiger partial charge < -0.3 is 5.32 Å². The Labute approximate surface area is 97.8 Å². The molecule has 0 radical (unpaired) electrons. The van der Waals surface area contributed by atoms with E-state index in [0.717, 1.165) is 18.6 Å². The molecule has 1 N–H and O–H groups in total. The number of benzene rings is 1. The first kappa shape index (κ1) is 13.7. The standard InChI is InChI=1S/C12H14F3NO/c1-2-7-16-8-11(17)9-3-5-10(6-4-9)12(13,14)15/h3-6,16H,2,7-8H2,1H3. The molecule has 5 heteroatoms. The zero-order valence-electron chi connectivity index (χ0n) is 9.47. The molecular formula is C12H14F3NO. The Balaban J connectivity index is 2.64. The van der Waals surface area contributed by atoms with Gasteiger partial charge in [-0.25, -0.2) is 0 Å². The number of ketones is 1. The zero-order valence-corrected chi connectivity index (χ0v) is 9.47. The van der Waals surface area contributed by atoms with Gasteiger partial charge in [0.2, 0.25) is 0 Å². The molecule has 0 unspecified atom stereocenters. The lowest BCUT2D eigenvalue weighted by atomic mass is 10.1. The fraction of sp³-hybridized carbons (Fsp3) is 0.417. The summed E-state index contributed by atoms with van der Waals surface area (Å²) in [6.07, 6.45) is -3.46. The van der Waals surface area contributed by atoms with Gasteiger partial charge in [-0.15, -0.1) is 0 Å². The van der Waals surface area contributed by atoms with Crippen molar-refractivity contribution in [2.75, 3.05) is 13.1 Å². The highest BCUT2D eigenvalue weighted by Gasteiger charge is 2.30. The van der Waals surface area contributed by atoms with Crippen molar-refractivity contribution in [1.82, 2.24) is 5.32 Å². The molecule has 1 aromatic carbocycles. The quantitative estimate of drug-likeness (QED) is 0.638. The summed E-state index contributed by atoms with van der Waals surface area (Å²) in [4.78, 5) is 11.5. The first-order valence-corrected chi connectivity index (χ1v) is 5.36. The SMILES string of the molecule is CCCNCC(=O)c1ccc(C(F)(F)F)cc1. The van der Waals surface area contributed by atoms with Gasteiger partial charge >= 0.3 is 6.18 Å². The first-order valence-electron chi connectivity index (χ1n) is 5.36. The molecule has 0 aliphatic carbocycles. The molecule has 1 rings (SSSR count). The van der Waals surface area contributed by atoms with Crippen molar-refractivity contribution >= 4 is 5.78 Å². The van der Waals surface area contributed by atoms with E-state index in [0.29, 0.717) is 12.1 Å². The van der Waals surface area contributed by atoms with Crippen LogP contribution >= 0.6 is 0 Å². The van der Waals surface area contributed by atoms with Gasteiger partial charge in [-0.05, 0) is 25.1 Å². The van der Waals surface area contributed by atoms with E-state index in [-0.39, 0.29) is 12.3 Å². The minimum Gasteiger partial charge on any atom is -0.310 e. The monoisotopic (exact) mass is 245 g/mol. The molecule has 0 atom stereocenters. The van der Waals surface area contributed by atoms with E-state index in [1.165, 1.54) is 12.1 Å². The molecule has 0 bridgehead atoms. The van der Waals surface area contributed by atoms with Crippen molar-refractivity contribution in [3.8, 4) is 0 Å². The van der Waals surface area contributed by atoms with E-state index in [1.807, 2.05) is 6.92 Å². The third-order valence-electron chi connectivity index (χ3n) is 2.25. The summed E-state index contributed by atoms with van der Waals surface area (Å²) >= 11 is 0. The van der Waals surface area contributed by atoms with Crippen molar-refractivity contribution in [2.24, 2.45) is 0 Å². The number of rotatable bonds is 5. The number of hydrogen-bond donors (Lipinski definition) is 1. The van der Waals surface area contributed by atoms with Crippen molar-refractivity contribution in [3.05, 3.63) is 35.4 Å². The van der Waals surface area contributed by atoms with Gasteiger partial charge in [0.25, 0.3) is 0 Å². The molecule has 0 aliphatic rings. The van der Waals surface area contributed by atoms with Crippen molar-refractivity contribution in [1.29, 1.82) is 0 Å². The normalized spacial score (nSPS) is 11.5. The Morgan fingerprint density at radius 1 is 1.24 bits per heavy atom. The molecule has 17 heavy (non-hydrogen) atoms. The van der Waals surface area contributed by atoms with Crippen LogP contribution in [-0.4, -0.2) is 18.9 Å². The fourth-order valence-electron chi connectivity index (χ4n) is 1.33. The second-order valence-corrected chi connectivity index (χ2v) is 3.68. The molecule has 0 spiro atoms. The number of carbonyl (C=O) groups is 1. The molecule has 0 saturated heterocycles. The summed E-state index contributed by atoms with van der Waals surface area (Å²) in [5, 5.41) is 2.91. The summed E-state index contributed by atoms with van der Waals surface area (Å²) in [6, 6.07) is 4.26. The highest BCUT2D eigenvalue weighted by molar-refractivity contribution is 5.97. The Morgan fingerprint density at radius 2 is 1.82 bits per heavy atom. The third kappa shape index (κ3) is 4.19. The average Bonchev–Trinajstić information content (AvgIpc) is 2.28. The average molecular weight is 245 g/mol. The number of Topliss-reactive ketones (excluding diaryl/α,β-unsaturated/α-hetero) is 1. The molecule has 0 heterocycles. The lowest BCUT2D eigenvalue weighted by Crippen LogP contribution is -2.23. The van der Waals surface area contributed by atoms with Gasteiger partial charge in [0.1, 0.15) is 0 Å². The smallest absolute Gasteiger partial charge is 0.310 e. The Morgan fingerprint density at radius 3 is 2.29 bits per heavy atom. The van der Waals surface area contributed by atoms with Crippen LogP contribution in [0.5, 0.6) is 0 Å². The van der Waals surface area contributed by atoms with Crippen LogP contribution in [0, 0.1) is 0 Å². The van der Waals surface area contributed by atoms with E-state index in [2.05, 4.69) is 5.32 Å². The lowest BCUT2D eigenvalue weighted by Gasteiger charge is -2.07. The second kappa shape index (κ2) is 5.82. The number of halogens is 3. The van der Waals surface area contributed by atoms with E-state index < -0.39 is 11.7 Å². The largest absolute Gasteiger partial charge is 0.416 e. The van der Waals surface area contributed by atoms with Crippen LogP contribution in [0.2, 0.25) is 0 Å². The van der Waals surface area contributed by atoms with Crippen LogP contribution in [-0.2, 0) is 6.18 Å². The zero-order chi connectivity index (χ0) is 12.9. The van der Waals surface area contributed by atoms with Gasteiger partial charge in [0, 0.05) is 5.56 Å².